The van der Waals surface area contributed by atoms with Crippen LogP contribution in [0.5, 0.6) is 0 Å². The van der Waals surface area contributed by atoms with Gasteiger partial charge in [-0.05, 0) is 37.5 Å². The Morgan fingerprint density at radius 2 is 1.83 bits per heavy atom. The fourth-order valence-corrected chi connectivity index (χ4v) is 3.00. The first-order valence-electron chi connectivity index (χ1n) is 8.40. The minimum absolute atomic E-state index is 0.0216. The Hall–Kier alpha value is -2.10. The number of hydrogen-bond donors (Lipinski definition) is 1. The van der Waals surface area contributed by atoms with E-state index in [2.05, 4.69) is 21.3 Å². The molecule has 23 heavy (non-hydrogen) atoms. The summed E-state index contributed by atoms with van der Waals surface area (Å²) in [5.41, 5.74) is 1.67. The van der Waals surface area contributed by atoms with Crippen molar-refractivity contribution in [2.75, 3.05) is 23.3 Å². The molecule has 1 aliphatic heterocycles. The highest BCUT2D eigenvalue weighted by Crippen LogP contribution is 2.33. The summed E-state index contributed by atoms with van der Waals surface area (Å²) in [4.78, 5) is 19.0. The molecule has 1 aromatic heterocycles. The van der Waals surface area contributed by atoms with Crippen molar-refractivity contribution in [3.05, 3.63) is 30.6 Å². The standard InChI is InChI=1S/C19H25N3O/c1-19(2,3)18(23)21-16-7-8-17(22-11-5-4-6-12-22)14-9-10-20-13-15(14)16/h7-10,13H,4-6,11-12H2,1-3H3,(H,21,23). The predicted octanol–water partition coefficient (Wildman–Crippen LogP) is 4.21. The van der Waals surface area contributed by atoms with Crippen molar-refractivity contribution in [3.8, 4) is 0 Å². The van der Waals surface area contributed by atoms with E-state index in [1.807, 2.05) is 45.3 Å². The number of carbonyl (C=O) groups excluding carboxylic acids is 1. The highest BCUT2D eigenvalue weighted by molar-refractivity contribution is 6.07. The molecule has 2 heterocycles. The first-order valence-corrected chi connectivity index (χ1v) is 8.40. The number of nitrogens with zero attached hydrogens (tertiary/aromatic N) is 2. The monoisotopic (exact) mass is 311 g/mol. The zero-order chi connectivity index (χ0) is 16.4. The van der Waals surface area contributed by atoms with Gasteiger partial charge in [-0.2, -0.15) is 0 Å². The van der Waals surface area contributed by atoms with Crippen LogP contribution in [0, 0.1) is 5.41 Å². The summed E-state index contributed by atoms with van der Waals surface area (Å²) in [7, 11) is 0. The Morgan fingerprint density at radius 1 is 1.09 bits per heavy atom. The predicted molar refractivity (Wildman–Crippen MR) is 95.9 cm³/mol. The molecule has 0 atom stereocenters. The van der Waals surface area contributed by atoms with E-state index >= 15 is 0 Å². The summed E-state index contributed by atoms with van der Waals surface area (Å²) in [5.74, 6) is 0.0216. The number of fused-ring (bicyclic) bond motifs is 1. The Kier molecular flexibility index (Phi) is 4.24. The Bertz CT molecular complexity index is 712. The van der Waals surface area contributed by atoms with E-state index in [9.17, 15) is 4.79 Å². The van der Waals surface area contributed by atoms with Crippen molar-refractivity contribution in [3.63, 3.8) is 0 Å². The largest absolute Gasteiger partial charge is 0.371 e. The van der Waals surface area contributed by atoms with Gasteiger partial charge in [0.15, 0.2) is 0 Å². The molecular formula is C19H25N3O. The maximum Gasteiger partial charge on any atom is 0.229 e. The molecule has 0 saturated carbocycles. The molecule has 122 valence electrons. The lowest BCUT2D eigenvalue weighted by atomic mass is 9.95. The van der Waals surface area contributed by atoms with Gasteiger partial charge in [0.25, 0.3) is 0 Å². The molecule has 1 aliphatic rings. The Morgan fingerprint density at radius 3 is 2.52 bits per heavy atom. The molecule has 1 aromatic carbocycles. The summed E-state index contributed by atoms with van der Waals surface area (Å²) >= 11 is 0. The molecule has 0 spiro atoms. The van der Waals surface area contributed by atoms with Crippen molar-refractivity contribution < 1.29 is 4.79 Å². The molecule has 1 amide bonds. The first kappa shape index (κ1) is 15.8. The average Bonchev–Trinajstić information content (AvgIpc) is 2.55. The van der Waals surface area contributed by atoms with Gasteiger partial charge in [-0.3, -0.25) is 9.78 Å². The molecule has 1 N–H and O–H groups in total. The van der Waals surface area contributed by atoms with E-state index in [0.717, 1.165) is 29.5 Å². The second-order valence-electron chi connectivity index (χ2n) is 7.31. The Labute approximate surface area is 137 Å². The van der Waals surface area contributed by atoms with Gasteiger partial charge in [-0.1, -0.05) is 20.8 Å². The molecule has 0 radical (unpaired) electrons. The number of carbonyl (C=O) groups is 1. The molecule has 1 saturated heterocycles. The molecule has 0 bridgehead atoms. The second-order valence-corrected chi connectivity index (χ2v) is 7.31. The third kappa shape index (κ3) is 3.31. The zero-order valence-corrected chi connectivity index (χ0v) is 14.2. The number of anilines is 2. The van der Waals surface area contributed by atoms with E-state index in [0.29, 0.717) is 0 Å². The van der Waals surface area contributed by atoms with Crippen LogP contribution < -0.4 is 10.2 Å². The van der Waals surface area contributed by atoms with Crippen molar-refractivity contribution in [1.82, 2.24) is 4.98 Å². The molecule has 1 fully saturated rings. The lowest BCUT2D eigenvalue weighted by Crippen LogP contribution is -2.30. The number of rotatable bonds is 2. The van der Waals surface area contributed by atoms with Gasteiger partial charge in [0.05, 0.1) is 5.69 Å². The van der Waals surface area contributed by atoms with Gasteiger partial charge in [0.2, 0.25) is 5.91 Å². The quantitative estimate of drug-likeness (QED) is 0.903. The van der Waals surface area contributed by atoms with Crippen LogP contribution >= 0.6 is 0 Å². The summed E-state index contributed by atoms with van der Waals surface area (Å²) in [5, 5.41) is 5.23. The third-order valence-corrected chi connectivity index (χ3v) is 4.42. The average molecular weight is 311 g/mol. The summed E-state index contributed by atoms with van der Waals surface area (Å²) in [6, 6.07) is 6.19. The smallest absolute Gasteiger partial charge is 0.229 e. The number of amides is 1. The topological polar surface area (TPSA) is 45.2 Å². The van der Waals surface area contributed by atoms with Gasteiger partial charge in [-0.15, -0.1) is 0 Å². The number of pyridine rings is 1. The number of benzene rings is 1. The van der Waals surface area contributed by atoms with Crippen molar-refractivity contribution in [2.45, 2.75) is 40.0 Å². The van der Waals surface area contributed by atoms with E-state index in [4.69, 9.17) is 0 Å². The molecule has 4 nitrogen and oxygen atoms in total. The number of nitrogens with one attached hydrogen (secondary N) is 1. The molecule has 3 rings (SSSR count). The van der Waals surface area contributed by atoms with Crippen LogP contribution in [0.25, 0.3) is 10.8 Å². The summed E-state index contributed by atoms with van der Waals surface area (Å²) in [6.07, 6.45) is 7.48. The van der Waals surface area contributed by atoms with Gasteiger partial charge >= 0.3 is 0 Å². The fourth-order valence-electron chi connectivity index (χ4n) is 3.00. The normalized spacial score (nSPS) is 15.7. The molecule has 0 unspecified atom stereocenters. The van der Waals surface area contributed by atoms with Crippen LogP contribution in [0.4, 0.5) is 11.4 Å². The van der Waals surface area contributed by atoms with Crippen LogP contribution in [-0.4, -0.2) is 24.0 Å². The van der Waals surface area contributed by atoms with Gasteiger partial charge < -0.3 is 10.2 Å². The summed E-state index contributed by atoms with van der Waals surface area (Å²) in [6.45, 7) is 7.97. The van der Waals surface area contributed by atoms with Gasteiger partial charge in [0, 0.05) is 47.4 Å². The SMILES string of the molecule is CC(C)(C)C(=O)Nc1ccc(N2CCCCC2)c2ccncc12. The van der Waals surface area contributed by atoms with Crippen molar-refractivity contribution >= 4 is 28.1 Å². The highest BCUT2D eigenvalue weighted by Gasteiger charge is 2.22. The number of piperidine rings is 1. The Balaban J connectivity index is 2.00. The molecule has 4 heteroatoms. The van der Waals surface area contributed by atoms with Crippen LogP contribution in [0.3, 0.4) is 0 Å². The molecule has 0 aliphatic carbocycles. The van der Waals surface area contributed by atoms with Crippen LogP contribution in [0.15, 0.2) is 30.6 Å². The van der Waals surface area contributed by atoms with Gasteiger partial charge in [-0.25, -0.2) is 0 Å². The van der Waals surface area contributed by atoms with E-state index in [1.54, 1.807) is 0 Å². The van der Waals surface area contributed by atoms with Crippen molar-refractivity contribution in [2.24, 2.45) is 5.41 Å². The van der Waals surface area contributed by atoms with E-state index in [1.165, 1.54) is 24.9 Å². The maximum atomic E-state index is 12.3. The van der Waals surface area contributed by atoms with Crippen molar-refractivity contribution in [1.29, 1.82) is 0 Å². The molecule has 2 aromatic rings. The summed E-state index contributed by atoms with van der Waals surface area (Å²) < 4.78 is 0. The number of hydrogen-bond acceptors (Lipinski definition) is 3. The fraction of sp³-hybridized carbons (Fsp3) is 0.474. The van der Waals surface area contributed by atoms with Crippen LogP contribution in [0.1, 0.15) is 40.0 Å². The maximum absolute atomic E-state index is 12.3. The van der Waals surface area contributed by atoms with Crippen LogP contribution in [-0.2, 0) is 4.79 Å². The van der Waals surface area contributed by atoms with E-state index < -0.39 is 5.41 Å². The molecular weight excluding hydrogens is 286 g/mol. The minimum Gasteiger partial charge on any atom is -0.371 e. The lowest BCUT2D eigenvalue weighted by molar-refractivity contribution is -0.123. The number of aromatic nitrogens is 1. The zero-order valence-electron chi connectivity index (χ0n) is 14.2. The third-order valence-electron chi connectivity index (χ3n) is 4.42. The lowest BCUT2D eigenvalue weighted by Gasteiger charge is -2.30. The van der Waals surface area contributed by atoms with Gasteiger partial charge in [0.1, 0.15) is 0 Å². The minimum atomic E-state index is -0.417. The van der Waals surface area contributed by atoms with E-state index in [-0.39, 0.29) is 5.91 Å². The second kappa shape index (κ2) is 6.19. The first-order chi connectivity index (χ1) is 11.0. The highest BCUT2D eigenvalue weighted by atomic mass is 16.2. The van der Waals surface area contributed by atoms with Crippen LogP contribution in [0.2, 0.25) is 0 Å².